The van der Waals surface area contributed by atoms with Crippen LogP contribution in [-0.2, 0) is 6.42 Å². The van der Waals surface area contributed by atoms with Gasteiger partial charge in [-0.05, 0) is 47.9 Å². The van der Waals surface area contributed by atoms with Gasteiger partial charge in [0.25, 0.3) is 5.56 Å². The minimum absolute atomic E-state index is 0.0300. The molecule has 184 valence electrons. The summed E-state index contributed by atoms with van der Waals surface area (Å²) in [6, 6.07) is 9.41. The van der Waals surface area contributed by atoms with E-state index in [0.717, 1.165) is 22.7 Å². The highest BCUT2D eigenvalue weighted by molar-refractivity contribution is 5.83. The van der Waals surface area contributed by atoms with Crippen molar-refractivity contribution in [1.82, 2.24) is 24.3 Å². The molecule has 0 radical (unpaired) electrons. The quantitative estimate of drug-likeness (QED) is 0.303. The number of alkyl halides is 3. The Bertz CT molecular complexity index is 1650. The number of H-pyrrole nitrogens is 1. The molecule has 0 unspecified atom stereocenters. The highest BCUT2D eigenvalue weighted by Crippen LogP contribution is 2.29. The van der Waals surface area contributed by atoms with E-state index in [-0.39, 0.29) is 30.0 Å². The number of hydrogen-bond donors (Lipinski definition) is 3. The van der Waals surface area contributed by atoms with E-state index in [1.165, 1.54) is 30.6 Å². The van der Waals surface area contributed by atoms with E-state index in [2.05, 4.69) is 30.0 Å². The molecule has 5 rings (SSSR count). The molecule has 0 fully saturated rings. The number of ether oxygens (including phenoxy) is 1. The molecule has 9 nitrogen and oxygen atoms in total. The molecule has 0 atom stereocenters. The summed E-state index contributed by atoms with van der Waals surface area (Å²) in [5.41, 5.74) is 7.30. The maximum absolute atomic E-state index is 13.9. The molecule has 0 spiro atoms. The standard InChI is InChI=1S/C23H17F4N7O2/c24-14-4-5-15-8-13(6-7-29-19-18-20(31-11-30-18)33-22(28)32-19)17(21(35)34(15)10-14)12-2-1-3-16(9-12)36-23(25,26)27/h1-5,8-11H,6-7H2,(H4,28,29,30,31,32,33). The summed E-state index contributed by atoms with van der Waals surface area (Å²) in [4.78, 5) is 28.6. The minimum atomic E-state index is -4.90. The maximum atomic E-state index is 13.9. The van der Waals surface area contributed by atoms with Gasteiger partial charge in [-0.15, -0.1) is 13.2 Å². The Hall–Kier alpha value is -4.68. The van der Waals surface area contributed by atoms with E-state index < -0.39 is 23.5 Å². The van der Waals surface area contributed by atoms with Crippen molar-refractivity contribution < 1.29 is 22.3 Å². The summed E-state index contributed by atoms with van der Waals surface area (Å²) >= 11 is 0. The monoisotopic (exact) mass is 499 g/mol. The third-order valence-corrected chi connectivity index (χ3v) is 5.36. The Morgan fingerprint density at radius 1 is 1.14 bits per heavy atom. The zero-order valence-electron chi connectivity index (χ0n) is 18.3. The Labute approximate surface area is 199 Å². The van der Waals surface area contributed by atoms with Gasteiger partial charge < -0.3 is 20.8 Å². The highest BCUT2D eigenvalue weighted by atomic mass is 19.4. The van der Waals surface area contributed by atoms with Gasteiger partial charge in [-0.1, -0.05) is 12.1 Å². The summed E-state index contributed by atoms with van der Waals surface area (Å²) in [6.07, 6.45) is -2.17. The number of hydrogen-bond acceptors (Lipinski definition) is 7. The molecule has 4 N–H and O–H groups in total. The number of rotatable bonds is 6. The first kappa shape index (κ1) is 23.1. The first-order valence-corrected chi connectivity index (χ1v) is 10.6. The summed E-state index contributed by atoms with van der Waals surface area (Å²) < 4.78 is 57.3. The van der Waals surface area contributed by atoms with E-state index >= 15 is 0 Å². The van der Waals surface area contributed by atoms with Crippen LogP contribution in [0.15, 0.2) is 59.8 Å². The lowest BCUT2D eigenvalue weighted by Gasteiger charge is -2.15. The lowest BCUT2D eigenvalue weighted by Crippen LogP contribution is -2.20. The number of benzene rings is 1. The number of anilines is 2. The number of nitrogen functional groups attached to an aromatic ring is 1. The number of imidazole rings is 1. The predicted octanol–water partition coefficient (Wildman–Crippen LogP) is 3.91. The van der Waals surface area contributed by atoms with Gasteiger partial charge in [0.15, 0.2) is 11.5 Å². The molecule has 36 heavy (non-hydrogen) atoms. The molecule has 5 aromatic rings. The number of pyridine rings is 2. The van der Waals surface area contributed by atoms with Crippen LogP contribution in [0.3, 0.4) is 0 Å². The van der Waals surface area contributed by atoms with Crippen molar-refractivity contribution in [2.75, 3.05) is 17.6 Å². The molecule has 0 amide bonds. The van der Waals surface area contributed by atoms with Crippen LogP contribution in [-0.4, -0.2) is 37.2 Å². The molecule has 0 aliphatic carbocycles. The SMILES string of the molecule is Nc1nc(NCCc2cc3ccc(F)cn3c(=O)c2-c2cccc(OC(F)(F)F)c2)c2nc[nH]c2n1. The third-order valence-electron chi connectivity index (χ3n) is 5.36. The molecular formula is C23H17F4N7O2. The summed E-state index contributed by atoms with van der Waals surface area (Å²) in [5.74, 6) is -0.712. The second-order valence-electron chi connectivity index (χ2n) is 7.77. The Morgan fingerprint density at radius 3 is 2.78 bits per heavy atom. The lowest BCUT2D eigenvalue weighted by atomic mass is 9.98. The van der Waals surface area contributed by atoms with Crippen LogP contribution in [0.1, 0.15) is 5.56 Å². The second-order valence-corrected chi connectivity index (χ2v) is 7.77. The van der Waals surface area contributed by atoms with Gasteiger partial charge in [0.1, 0.15) is 17.1 Å². The average Bonchev–Trinajstić information content (AvgIpc) is 3.27. The van der Waals surface area contributed by atoms with Crippen LogP contribution in [0.5, 0.6) is 5.75 Å². The number of halogens is 4. The molecule has 1 aromatic carbocycles. The van der Waals surface area contributed by atoms with Gasteiger partial charge in [-0.2, -0.15) is 9.97 Å². The minimum Gasteiger partial charge on any atom is -0.406 e. The molecule has 0 saturated carbocycles. The van der Waals surface area contributed by atoms with Crippen LogP contribution in [0.25, 0.3) is 27.8 Å². The van der Waals surface area contributed by atoms with Crippen LogP contribution in [0.2, 0.25) is 0 Å². The van der Waals surface area contributed by atoms with E-state index in [9.17, 15) is 22.4 Å². The van der Waals surface area contributed by atoms with Crippen LogP contribution in [0.4, 0.5) is 29.3 Å². The zero-order valence-corrected chi connectivity index (χ0v) is 18.3. The smallest absolute Gasteiger partial charge is 0.406 e. The number of fused-ring (bicyclic) bond motifs is 2. The Morgan fingerprint density at radius 2 is 1.97 bits per heavy atom. The molecule has 13 heteroatoms. The fraction of sp³-hybridized carbons (Fsp3) is 0.130. The molecule has 0 aliphatic heterocycles. The highest BCUT2D eigenvalue weighted by Gasteiger charge is 2.31. The summed E-state index contributed by atoms with van der Waals surface area (Å²) in [7, 11) is 0. The van der Waals surface area contributed by atoms with E-state index in [4.69, 9.17) is 5.73 Å². The van der Waals surface area contributed by atoms with Crippen LogP contribution >= 0.6 is 0 Å². The predicted molar refractivity (Wildman–Crippen MR) is 124 cm³/mol. The van der Waals surface area contributed by atoms with Crippen molar-refractivity contribution in [3.63, 3.8) is 0 Å². The first-order valence-electron chi connectivity index (χ1n) is 10.6. The molecule has 0 saturated heterocycles. The number of nitrogens with zero attached hydrogens (tertiary/aromatic N) is 4. The third kappa shape index (κ3) is 4.62. The van der Waals surface area contributed by atoms with Crippen molar-refractivity contribution in [3.05, 3.63) is 76.7 Å². The average molecular weight is 499 g/mol. The van der Waals surface area contributed by atoms with E-state index in [0.29, 0.717) is 28.1 Å². The van der Waals surface area contributed by atoms with Gasteiger partial charge in [-0.25, -0.2) is 9.37 Å². The fourth-order valence-electron chi connectivity index (χ4n) is 3.93. The number of nitrogens with one attached hydrogen (secondary N) is 2. The van der Waals surface area contributed by atoms with Crippen molar-refractivity contribution in [1.29, 1.82) is 0 Å². The van der Waals surface area contributed by atoms with Gasteiger partial charge >= 0.3 is 6.36 Å². The Balaban J connectivity index is 1.54. The number of aromatic amines is 1. The van der Waals surface area contributed by atoms with Gasteiger partial charge in [0.2, 0.25) is 5.95 Å². The summed E-state index contributed by atoms with van der Waals surface area (Å²) in [6.45, 7) is 0.265. The fourth-order valence-corrected chi connectivity index (χ4v) is 3.93. The molecule has 4 heterocycles. The van der Waals surface area contributed by atoms with E-state index in [1.54, 1.807) is 6.07 Å². The van der Waals surface area contributed by atoms with Gasteiger partial charge in [-0.3, -0.25) is 9.20 Å². The van der Waals surface area contributed by atoms with Crippen molar-refractivity contribution in [3.8, 4) is 16.9 Å². The first-order chi connectivity index (χ1) is 17.2. The number of nitrogens with two attached hydrogens (primary N) is 1. The molecule has 0 bridgehead atoms. The second kappa shape index (κ2) is 8.83. The molecule has 4 aromatic heterocycles. The van der Waals surface area contributed by atoms with Crippen LogP contribution < -0.4 is 21.3 Å². The van der Waals surface area contributed by atoms with Crippen LogP contribution in [0, 0.1) is 5.82 Å². The largest absolute Gasteiger partial charge is 0.573 e. The van der Waals surface area contributed by atoms with Crippen molar-refractivity contribution in [2.45, 2.75) is 12.8 Å². The van der Waals surface area contributed by atoms with Gasteiger partial charge in [0, 0.05) is 18.3 Å². The number of aromatic nitrogens is 5. The molecular weight excluding hydrogens is 482 g/mol. The topological polar surface area (TPSA) is 123 Å². The Kier molecular flexibility index (Phi) is 5.66. The normalized spacial score (nSPS) is 11.8. The maximum Gasteiger partial charge on any atom is 0.573 e. The summed E-state index contributed by atoms with van der Waals surface area (Å²) in [5, 5.41) is 3.10. The van der Waals surface area contributed by atoms with Gasteiger partial charge in [0.05, 0.1) is 11.9 Å². The van der Waals surface area contributed by atoms with E-state index in [1.807, 2.05) is 0 Å². The zero-order chi connectivity index (χ0) is 25.4. The molecule has 0 aliphatic rings. The lowest BCUT2D eigenvalue weighted by molar-refractivity contribution is -0.274. The van der Waals surface area contributed by atoms with Crippen molar-refractivity contribution in [2.24, 2.45) is 0 Å². The van der Waals surface area contributed by atoms with Crippen molar-refractivity contribution >= 4 is 28.4 Å².